The van der Waals surface area contributed by atoms with E-state index in [1.165, 1.54) is 0 Å². The van der Waals surface area contributed by atoms with E-state index in [0.717, 1.165) is 28.6 Å². The molecule has 1 atom stereocenters. The van der Waals surface area contributed by atoms with E-state index < -0.39 is 0 Å². The minimum atomic E-state index is -0.361. The fraction of sp³-hybridized carbons (Fsp3) is 0.273. The lowest BCUT2D eigenvalue weighted by Crippen LogP contribution is -2.27. The van der Waals surface area contributed by atoms with E-state index in [1.807, 2.05) is 32.0 Å². The molecule has 1 aliphatic rings. The highest BCUT2D eigenvalue weighted by Gasteiger charge is 2.36. The molecule has 0 aliphatic carbocycles. The number of carbonyl (C=O) groups excluding carboxylic acids is 2. The Hall–Kier alpha value is -2.44. The molecule has 1 aliphatic heterocycles. The number of amides is 2. The third kappa shape index (κ3) is 4.95. The zero-order valence-electron chi connectivity index (χ0n) is 16.5. The summed E-state index contributed by atoms with van der Waals surface area (Å²) in [5, 5.41) is 0.199. The fourth-order valence-corrected chi connectivity index (χ4v) is 3.68. The van der Waals surface area contributed by atoms with Gasteiger partial charge in [-0.1, -0.05) is 24.6 Å². The van der Waals surface area contributed by atoms with Gasteiger partial charge in [-0.15, -0.1) is 0 Å². The maximum atomic E-state index is 12.8. The van der Waals surface area contributed by atoms with E-state index in [-0.39, 0.29) is 17.3 Å². The van der Waals surface area contributed by atoms with Crippen LogP contribution in [0.2, 0.25) is 5.02 Å². The molecule has 0 saturated carbocycles. The van der Waals surface area contributed by atoms with Crippen LogP contribution in [0.25, 0.3) is 6.08 Å². The largest absolute Gasteiger partial charge is 0.490 e. The highest BCUT2D eigenvalue weighted by molar-refractivity contribution is 8.19. The van der Waals surface area contributed by atoms with E-state index >= 15 is 0 Å². The average molecular weight is 432 g/mol. The Morgan fingerprint density at radius 3 is 2.48 bits per heavy atom. The van der Waals surface area contributed by atoms with Crippen LogP contribution in [0.15, 0.2) is 47.4 Å². The smallest absolute Gasteiger partial charge is 0.298 e. The summed E-state index contributed by atoms with van der Waals surface area (Å²) in [6.45, 7) is 6.44. The second kappa shape index (κ2) is 9.37. The molecule has 7 heteroatoms. The number of hydrogen-bond donors (Lipinski definition) is 0. The first-order chi connectivity index (χ1) is 13.9. The van der Waals surface area contributed by atoms with Crippen molar-refractivity contribution in [3.8, 4) is 11.5 Å². The van der Waals surface area contributed by atoms with Crippen LogP contribution in [0.4, 0.5) is 10.5 Å². The molecule has 2 aromatic carbocycles. The molecule has 0 unspecified atom stereocenters. The van der Waals surface area contributed by atoms with Gasteiger partial charge in [0.25, 0.3) is 11.1 Å². The number of hydrogen-bond acceptors (Lipinski definition) is 5. The molecule has 0 radical (unpaired) electrons. The Morgan fingerprint density at radius 2 is 1.83 bits per heavy atom. The molecule has 1 fully saturated rings. The second-order valence-electron chi connectivity index (χ2n) is 6.47. The van der Waals surface area contributed by atoms with Gasteiger partial charge >= 0.3 is 0 Å². The minimum Gasteiger partial charge on any atom is -0.490 e. The molecule has 0 spiro atoms. The summed E-state index contributed by atoms with van der Waals surface area (Å²) in [6.07, 6.45) is 2.64. The molecular weight excluding hydrogens is 410 g/mol. The van der Waals surface area contributed by atoms with Crippen LogP contribution >= 0.6 is 23.4 Å². The van der Waals surface area contributed by atoms with Crippen molar-refractivity contribution in [2.75, 3.05) is 11.5 Å². The Morgan fingerprint density at radius 1 is 1.10 bits per heavy atom. The zero-order chi connectivity index (χ0) is 21.0. The molecule has 1 heterocycles. The number of carbonyl (C=O) groups is 2. The standard InChI is InChI=1S/C22H22ClNO4S/c1-4-14(3)28-18-11-6-15(12-19(18)27-5-2)13-20-21(25)24(22(26)29-20)17-9-7-16(23)8-10-17/h6-14H,4-5H2,1-3H3/b20-13-/t14-/m0/s1. The number of rotatable bonds is 7. The maximum Gasteiger partial charge on any atom is 0.298 e. The van der Waals surface area contributed by atoms with Gasteiger partial charge in [-0.3, -0.25) is 9.59 Å². The summed E-state index contributed by atoms with van der Waals surface area (Å²) in [6, 6.07) is 12.1. The molecule has 1 saturated heterocycles. The number of imide groups is 1. The van der Waals surface area contributed by atoms with Crippen molar-refractivity contribution in [1.82, 2.24) is 0 Å². The summed E-state index contributed by atoms with van der Waals surface area (Å²) in [5.41, 5.74) is 1.25. The predicted octanol–water partition coefficient (Wildman–Crippen LogP) is 6.16. The predicted molar refractivity (Wildman–Crippen MR) is 118 cm³/mol. The highest BCUT2D eigenvalue weighted by atomic mass is 35.5. The van der Waals surface area contributed by atoms with Crippen LogP contribution in [0.5, 0.6) is 11.5 Å². The number of ether oxygens (including phenoxy) is 2. The molecular formula is C22H22ClNO4S. The van der Waals surface area contributed by atoms with Crippen molar-refractivity contribution in [2.24, 2.45) is 0 Å². The Labute approximate surface area is 179 Å². The van der Waals surface area contributed by atoms with Crippen molar-refractivity contribution in [3.63, 3.8) is 0 Å². The molecule has 2 aromatic rings. The summed E-state index contributed by atoms with van der Waals surface area (Å²) in [5.74, 6) is 0.909. The molecule has 3 rings (SSSR count). The first kappa shape index (κ1) is 21.3. The summed E-state index contributed by atoms with van der Waals surface area (Å²) in [7, 11) is 0. The van der Waals surface area contributed by atoms with Gasteiger partial charge in [-0.2, -0.15) is 0 Å². The monoisotopic (exact) mass is 431 g/mol. The third-order valence-corrected chi connectivity index (χ3v) is 5.47. The number of halogens is 1. The summed E-state index contributed by atoms with van der Waals surface area (Å²) in [4.78, 5) is 26.7. The Balaban J connectivity index is 1.87. The number of nitrogens with zero attached hydrogens (tertiary/aromatic N) is 1. The van der Waals surface area contributed by atoms with Gasteiger partial charge < -0.3 is 9.47 Å². The molecule has 5 nitrogen and oxygen atoms in total. The quantitative estimate of drug-likeness (QED) is 0.491. The highest BCUT2D eigenvalue weighted by Crippen LogP contribution is 2.37. The summed E-state index contributed by atoms with van der Waals surface area (Å²) < 4.78 is 11.6. The van der Waals surface area contributed by atoms with Crippen molar-refractivity contribution in [3.05, 3.63) is 58.0 Å². The van der Waals surface area contributed by atoms with Crippen molar-refractivity contribution < 1.29 is 19.1 Å². The van der Waals surface area contributed by atoms with E-state index in [0.29, 0.717) is 33.7 Å². The third-order valence-electron chi connectivity index (χ3n) is 4.35. The first-order valence-electron chi connectivity index (χ1n) is 9.40. The molecule has 0 aromatic heterocycles. The second-order valence-corrected chi connectivity index (χ2v) is 7.90. The topological polar surface area (TPSA) is 55.8 Å². The van der Waals surface area contributed by atoms with Crippen molar-refractivity contribution in [1.29, 1.82) is 0 Å². The number of benzene rings is 2. The Kier molecular flexibility index (Phi) is 6.87. The van der Waals surface area contributed by atoms with Crippen LogP contribution in [0.1, 0.15) is 32.8 Å². The van der Waals surface area contributed by atoms with Crippen molar-refractivity contribution in [2.45, 2.75) is 33.3 Å². The van der Waals surface area contributed by atoms with Gasteiger partial charge in [0.2, 0.25) is 0 Å². The lowest BCUT2D eigenvalue weighted by Gasteiger charge is -2.16. The number of anilines is 1. The maximum absolute atomic E-state index is 12.8. The zero-order valence-corrected chi connectivity index (χ0v) is 18.0. The van der Waals surface area contributed by atoms with Crippen LogP contribution in [0.3, 0.4) is 0 Å². The first-order valence-corrected chi connectivity index (χ1v) is 10.6. The molecule has 152 valence electrons. The Bertz CT molecular complexity index is 942. The van der Waals surface area contributed by atoms with Gasteiger partial charge in [0, 0.05) is 5.02 Å². The molecule has 2 amide bonds. The molecule has 29 heavy (non-hydrogen) atoms. The average Bonchev–Trinajstić information content (AvgIpc) is 2.98. The van der Waals surface area contributed by atoms with Gasteiger partial charge in [0.05, 0.1) is 23.3 Å². The van der Waals surface area contributed by atoms with Crippen LogP contribution in [0, 0.1) is 0 Å². The van der Waals surface area contributed by atoms with Gasteiger partial charge in [-0.25, -0.2) is 4.90 Å². The van der Waals surface area contributed by atoms with Crippen LogP contribution < -0.4 is 14.4 Å². The van der Waals surface area contributed by atoms with Crippen LogP contribution in [-0.4, -0.2) is 23.9 Å². The lowest BCUT2D eigenvalue weighted by molar-refractivity contribution is -0.113. The lowest BCUT2D eigenvalue weighted by atomic mass is 10.1. The van der Waals surface area contributed by atoms with E-state index in [1.54, 1.807) is 30.3 Å². The van der Waals surface area contributed by atoms with Gasteiger partial charge in [-0.05, 0) is 80.1 Å². The SMILES string of the molecule is CCOc1cc(/C=C2\SC(=O)N(c3ccc(Cl)cc3)C2=O)ccc1O[C@@H](C)CC. The van der Waals surface area contributed by atoms with Gasteiger partial charge in [0.1, 0.15) is 0 Å². The number of thioether (sulfide) groups is 1. The van der Waals surface area contributed by atoms with Crippen molar-refractivity contribution >= 4 is 46.3 Å². The van der Waals surface area contributed by atoms with E-state index in [2.05, 4.69) is 6.92 Å². The van der Waals surface area contributed by atoms with E-state index in [9.17, 15) is 9.59 Å². The normalized spacial score (nSPS) is 16.4. The van der Waals surface area contributed by atoms with E-state index in [4.69, 9.17) is 21.1 Å². The summed E-state index contributed by atoms with van der Waals surface area (Å²) >= 11 is 6.80. The minimum absolute atomic E-state index is 0.0657. The molecule has 0 N–H and O–H groups in total. The van der Waals surface area contributed by atoms with Gasteiger partial charge in [0.15, 0.2) is 11.5 Å². The van der Waals surface area contributed by atoms with Crippen LogP contribution in [-0.2, 0) is 4.79 Å². The molecule has 0 bridgehead atoms. The fourth-order valence-electron chi connectivity index (χ4n) is 2.71.